The van der Waals surface area contributed by atoms with Gasteiger partial charge in [-0.2, -0.15) is 0 Å². The number of alkyl halides is 3. The fourth-order valence-electron chi connectivity index (χ4n) is 2.47. The largest absolute Gasteiger partial charge is 0.573 e. The van der Waals surface area contributed by atoms with Crippen LogP contribution in [0.1, 0.15) is 20.8 Å². The van der Waals surface area contributed by atoms with Crippen LogP contribution in [0.25, 0.3) is 20.5 Å². The predicted octanol–water partition coefficient (Wildman–Crippen LogP) is 6.77. The van der Waals surface area contributed by atoms with Crippen molar-refractivity contribution in [3.05, 3.63) is 46.9 Å². The lowest BCUT2D eigenvalue weighted by atomic mass is 10.0. The van der Waals surface area contributed by atoms with Crippen molar-refractivity contribution in [2.45, 2.75) is 38.8 Å². The first-order valence-electron chi connectivity index (χ1n) is 8.41. The summed E-state index contributed by atoms with van der Waals surface area (Å²) in [5, 5.41) is 10.9. The second-order valence-electron chi connectivity index (χ2n) is 6.91. The molecule has 0 spiro atoms. The van der Waals surface area contributed by atoms with Gasteiger partial charge in [-0.3, -0.25) is 0 Å². The molecule has 0 saturated heterocycles. The van der Waals surface area contributed by atoms with E-state index < -0.39 is 18.1 Å². The number of aliphatic hydroxyl groups is 1. The third-order valence-corrected chi connectivity index (χ3v) is 5.86. The second-order valence-corrected chi connectivity index (χ2v) is 8.91. The molecule has 3 rings (SSSR count). The van der Waals surface area contributed by atoms with Gasteiger partial charge < -0.3 is 14.6 Å². The number of halogens is 4. The number of rotatable bonds is 5. The van der Waals surface area contributed by atoms with Crippen LogP contribution in [-0.4, -0.2) is 23.2 Å². The van der Waals surface area contributed by atoms with Gasteiger partial charge in [0, 0.05) is 19.6 Å². The van der Waals surface area contributed by atoms with Crippen molar-refractivity contribution in [2.75, 3.05) is 0 Å². The Morgan fingerprint density at radius 1 is 1.07 bits per heavy atom. The maximum atomic E-state index is 12.8. The molecule has 3 nitrogen and oxygen atoms in total. The van der Waals surface area contributed by atoms with E-state index in [9.17, 15) is 18.3 Å². The number of thiophene rings is 1. The Morgan fingerprint density at radius 3 is 2.43 bits per heavy atom. The molecule has 1 N–H and O–H groups in total. The van der Waals surface area contributed by atoms with Gasteiger partial charge in [0.15, 0.2) is 0 Å². The van der Waals surface area contributed by atoms with Crippen molar-refractivity contribution in [1.82, 2.24) is 0 Å². The van der Waals surface area contributed by atoms with Crippen LogP contribution in [0, 0.1) is 0 Å². The highest BCUT2D eigenvalue weighted by Gasteiger charge is 2.32. The summed E-state index contributed by atoms with van der Waals surface area (Å²) in [6.07, 6.45) is -5.21. The molecule has 1 atom stereocenters. The van der Waals surface area contributed by atoms with Crippen LogP contribution >= 0.6 is 27.3 Å². The molecular formula is C20H18BrF3O3S. The highest BCUT2D eigenvalue weighted by Crippen LogP contribution is 2.42. The first kappa shape index (κ1) is 21.0. The minimum Gasteiger partial charge on any atom is -0.488 e. The van der Waals surface area contributed by atoms with Crippen LogP contribution < -0.4 is 9.47 Å². The Morgan fingerprint density at radius 2 is 1.79 bits per heavy atom. The number of hydrogen-bond donors (Lipinski definition) is 1. The standard InChI is InChI=1S/C20H18BrF3O3S/c1-11(19(2,3)25)26-14-6-4-12-8-18(28-17(12)10-14)15-7-5-13(21)9-16(15)27-20(22,23)24/h4-11,25H,1-3H3. The Bertz CT molecular complexity index is 993. The highest BCUT2D eigenvalue weighted by molar-refractivity contribution is 9.10. The van der Waals surface area contributed by atoms with Gasteiger partial charge >= 0.3 is 6.36 Å². The maximum Gasteiger partial charge on any atom is 0.573 e. The zero-order valence-corrected chi connectivity index (χ0v) is 17.7. The van der Waals surface area contributed by atoms with Gasteiger partial charge in [0.05, 0.1) is 5.60 Å². The lowest BCUT2D eigenvalue weighted by Gasteiger charge is -2.26. The Labute approximate surface area is 172 Å². The predicted molar refractivity (Wildman–Crippen MR) is 108 cm³/mol. The van der Waals surface area contributed by atoms with E-state index >= 15 is 0 Å². The average Bonchev–Trinajstić information content (AvgIpc) is 2.95. The summed E-state index contributed by atoms with van der Waals surface area (Å²) in [6, 6.07) is 11.8. The van der Waals surface area contributed by atoms with E-state index in [-0.39, 0.29) is 5.75 Å². The van der Waals surface area contributed by atoms with Gasteiger partial charge in [-0.15, -0.1) is 24.5 Å². The van der Waals surface area contributed by atoms with E-state index in [1.54, 1.807) is 39.0 Å². The summed E-state index contributed by atoms with van der Waals surface area (Å²) in [5.74, 6) is 0.318. The molecule has 0 radical (unpaired) electrons. The Balaban J connectivity index is 1.97. The zero-order valence-electron chi connectivity index (χ0n) is 15.3. The van der Waals surface area contributed by atoms with Crippen LogP contribution in [-0.2, 0) is 0 Å². The second kappa shape index (κ2) is 7.57. The van der Waals surface area contributed by atoms with E-state index in [0.29, 0.717) is 20.7 Å². The molecule has 2 aromatic carbocycles. The molecule has 0 fully saturated rings. The van der Waals surface area contributed by atoms with Gasteiger partial charge in [-0.25, -0.2) is 0 Å². The molecule has 1 heterocycles. The lowest BCUT2D eigenvalue weighted by molar-refractivity contribution is -0.274. The van der Waals surface area contributed by atoms with Gasteiger partial charge in [0.2, 0.25) is 0 Å². The van der Waals surface area contributed by atoms with Gasteiger partial charge in [0.25, 0.3) is 0 Å². The van der Waals surface area contributed by atoms with Crippen LogP contribution in [0.3, 0.4) is 0 Å². The topological polar surface area (TPSA) is 38.7 Å². The summed E-state index contributed by atoms with van der Waals surface area (Å²) in [7, 11) is 0. The smallest absolute Gasteiger partial charge is 0.488 e. The average molecular weight is 475 g/mol. The Kier molecular flexibility index (Phi) is 5.67. The van der Waals surface area contributed by atoms with E-state index in [1.165, 1.54) is 17.4 Å². The fourth-order valence-corrected chi connectivity index (χ4v) is 3.94. The molecule has 1 unspecified atom stereocenters. The molecule has 0 saturated carbocycles. The van der Waals surface area contributed by atoms with E-state index in [0.717, 1.165) is 10.1 Å². The Hall–Kier alpha value is -1.77. The van der Waals surface area contributed by atoms with Crippen molar-refractivity contribution in [3.8, 4) is 21.9 Å². The number of ether oxygens (including phenoxy) is 2. The normalized spacial score (nSPS) is 13.6. The van der Waals surface area contributed by atoms with E-state index in [2.05, 4.69) is 20.7 Å². The number of fused-ring (bicyclic) bond motifs is 1. The molecule has 3 aromatic rings. The van der Waals surface area contributed by atoms with E-state index in [1.807, 2.05) is 18.2 Å². The number of benzene rings is 2. The number of hydrogen-bond acceptors (Lipinski definition) is 4. The van der Waals surface area contributed by atoms with Gasteiger partial charge in [-0.05, 0) is 68.6 Å². The summed E-state index contributed by atoms with van der Waals surface area (Å²) in [6.45, 7) is 5.09. The summed E-state index contributed by atoms with van der Waals surface area (Å²) in [4.78, 5) is 0.648. The van der Waals surface area contributed by atoms with Crippen molar-refractivity contribution in [3.63, 3.8) is 0 Å². The molecule has 0 aliphatic heterocycles. The molecule has 28 heavy (non-hydrogen) atoms. The van der Waals surface area contributed by atoms with Crippen molar-refractivity contribution >= 4 is 37.4 Å². The third kappa shape index (κ3) is 4.98. The zero-order chi connectivity index (χ0) is 20.7. The third-order valence-electron chi connectivity index (χ3n) is 4.23. The maximum absolute atomic E-state index is 12.8. The highest BCUT2D eigenvalue weighted by atomic mass is 79.9. The minimum atomic E-state index is -4.78. The molecule has 8 heteroatoms. The molecular weight excluding hydrogens is 457 g/mol. The SMILES string of the molecule is CC(Oc1ccc2cc(-c3ccc(Br)cc3OC(F)(F)F)sc2c1)C(C)(C)O. The quantitative estimate of drug-likeness (QED) is 0.443. The summed E-state index contributed by atoms with van der Waals surface area (Å²) >= 11 is 4.52. The monoisotopic (exact) mass is 474 g/mol. The molecule has 0 aliphatic rings. The van der Waals surface area contributed by atoms with Crippen LogP contribution in [0.2, 0.25) is 0 Å². The minimum absolute atomic E-state index is 0.263. The molecule has 150 valence electrons. The van der Waals surface area contributed by atoms with Crippen LogP contribution in [0.4, 0.5) is 13.2 Å². The molecule has 0 bridgehead atoms. The van der Waals surface area contributed by atoms with Crippen LogP contribution in [0.5, 0.6) is 11.5 Å². The lowest BCUT2D eigenvalue weighted by Crippen LogP contribution is -2.37. The van der Waals surface area contributed by atoms with E-state index in [4.69, 9.17) is 4.74 Å². The molecule has 0 aliphatic carbocycles. The first-order valence-corrected chi connectivity index (χ1v) is 10.0. The molecule has 1 aromatic heterocycles. The summed E-state index contributed by atoms with van der Waals surface area (Å²) in [5.41, 5.74) is -0.648. The fraction of sp³-hybridized carbons (Fsp3) is 0.300. The van der Waals surface area contributed by atoms with Crippen molar-refractivity contribution in [1.29, 1.82) is 0 Å². The van der Waals surface area contributed by atoms with Crippen LogP contribution in [0.15, 0.2) is 46.9 Å². The summed E-state index contributed by atoms with van der Waals surface area (Å²) < 4.78 is 49.7. The van der Waals surface area contributed by atoms with Crippen molar-refractivity contribution in [2.24, 2.45) is 0 Å². The molecule has 0 amide bonds. The first-order chi connectivity index (χ1) is 12.9. The van der Waals surface area contributed by atoms with Crippen molar-refractivity contribution < 1.29 is 27.8 Å². The van der Waals surface area contributed by atoms with Gasteiger partial charge in [-0.1, -0.05) is 15.9 Å². The van der Waals surface area contributed by atoms with Gasteiger partial charge in [0.1, 0.15) is 17.6 Å².